The van der Waals surface area contributed by atoms with Crippen molar-refractivity contribution in [2.24, 2.45) is 7.05 Å². The van der Waals surface area contributed by atoms with E-state index < -0.39 is 11.9 Å². The number of hydrogen-bond donors (Lipinski definition) is 3. The van der Waals surface area contributed by atoms with Crippen LogP contribution >= 0.6 is 0 Å². The molecule has 2 fully saturated rings. The molecule has 1 spiro atoms. The number of rotatable bonds is 2. The van der Waals surface area contributed by atoms with Crippen LogP contribution in [0.25, 0.3) is 10.9 Å². The highest BCUT2D eigenvalue weighted by Crippen LogP contribution is 2.28. The molecule has 30 heavy (non-hydrogen) atoms. The van der Waals surface area contributed by atoms with E-state index in [1.807, 2.05) is 0 Å². The molecule has 1 aromatic carbocycles. The first-order valence-electron chi connectivity index (χ1n) is 10.2. The number of ether oxygens (including phenoxy) is 1. The van der Waals surface area contributed by atoms with Crippen molar-refractivity contribution in [2.75, 3.05) is 32.8 Å². The molecule has 1 aromatic heterocycles. The van der Waals surface area contributed by atoms with Gasteiger partial charge >= 0.3 is 0 Å². The summed E-state index contributed by atoms with van der Waals surface area (Å²) < 4.78 is 8.34. The Morgan fingerprint density at radius 1 is 1.13 bits per heavy atom. The highest BCUT2D eigenvalue weighted by atomic mass is 16.5. The minimum atomic E-state index is -0.833. The van der Waals surface area contributed by atoms with E-state index in [0.717, 1.165) is 66.0 Å². The van der Waals surface area contributed by atoms with Gasteiger partial charge in [-0.3, -0.25) is 14.5 Å². The number of fused-ring (bicyclic) bond motifs is 1. The Kier molecular flexibility index (Phi) is 8.83. The van der Waals surface area contributed by atoms with Gasteiger partial charge in [0.05, 0.1) is 12.2 Å². The summed E-state index contributed by atoms with van der Waals surface area (Å²) in [5, 5.41) is 19.6. The van der Waals surface area contributed by atoms with Crippen LogP contribution in [-0.4, -0.2) is 70.0 Å². The monoisotopic (exact) mass is 419 g/mol. The van der Waals surface area contributed by atoms with Crippen LogP contribution in [0, 0.1) is 0 Å². The molecule has 3 heterocycles. The lowest BCUT2D eigenvalue weighted by Crippen LogP contribution is -2.55. The third-order valence-corrected chi connectivity index (χ3v) is 5.20. The molecular formula is C22H33N3O5. The quantitative estimate of drug-likeness (QED) is 0.686. The van der Waals surface area contributed by atoms with Gasteiger partial charge in [-0.15, -0.1) is 0 Å². The van der Waals surface area contributed by atoms with Gasteiger partial charge in [-0.05, 0) is 55.1 Å². The Morgan fingerprint density at radius 2 is 1.77 bits per heavy atom. The Labute approximate surface area is 177 Å². The number of piperidine rings is 1. The summed E-state index contributed by atoms with van der Waals surface area (Å²) in [7, 11) is 2.10. The maximum Gasteiger partial charge on any atom is 0.300 e. The third-order valence-electron chi connectivity index (χ3n) is 5.20. The molecule has 0 amide bonds. The summed E-state index contributed by atoms with van der Waals surface area (Å²) in [5.74, 6) is -1.67. The third kappa shape index (κ3) is 7.44. The zero-order valence-electron chi connectivity index (χ0n) is 18.1. The number of nitrogens with zero attached hydrogens (tertiary/aromatic N) is 2. The van der Waals surface area contributed by atoms with Crippen molar-refractivity contribution in [2.45, 2.75) is 38.8 Å². The maximum absolute atomic E-state index is 9.00. The van der Waals surface area contributed by atoms with E-state index in [9.17, 15) is 0 Å². The van der Waals surface area contributed by atoms with Gasteiger partial charge in [0.25, 0.3) is 11.9 Å². The van der Waals surface area contributed by atoms with Gasteiger partial charge in [-0.1, -0.05) is 6.07 Å². The number of aromatic nitrogens is 1. The molecule has 0 atom stereocenters. The molecule has 2 aromatic rings. The Balaban J connectivity index is 0.000000347. The second kappa shape index (κ2) is 11.1. The van der Waals surface area contributed by atoms with E-state index in [1.165, 1.54) is 16.5 Å². The lowest BCUT2D eigenvalue weighted by atomic mass is 9.90. The maximum atomic E-state index is 9.00. The van der Waals surface area contributed by atoms with E-state index in [0.29, 0.717) is 0 Å². The van der Waals surface area contributed by atoms with E-state index in [-0.39, 0.29) is 5.60 Å². The molecule has 0 aliphatic carbocycles. The SMILES string of the molecule is CC(=O)O.CC(=O)O.Cn1ccc2cc(CN3CCOC4(CCNCC4)C3)ccc21. The minimum absolute atomic E-state index is 0.0976. The van der Waals surface area contributed by atoms with Crippen LogP contribution in [0.3, 0.4) is 0 Å². The van der Waals surface area contributed by atoms with Gasteiger partial charge < -0.3 is 24.8 Å². The minimum Gasteiger partial charge on any atom is -0.481 e. The number of benzene rings is 1. The summed E-state index contributed by atoms with van der Waals surface area (Å²) in [6, 6.07) is 9.05. The number of nitrogens with one attached hydrogen (secondary N) is 1. The smallest absolute Gasteiger partial charge is 0.300 e. The molecule has 3 N–H and O–H groups in total. The van der Waals surface area contributed by atoms with Crippen molar-refractivity contribution >= 4 is 22.8 Å². The molecule has 0 radical (unpaired) electrons. The van der Waals surface area contributed by atoms with Crippen LogP contribution in [0.4, 0.5) is 0 Å². The fraction of sp³-hybridized carbons (Fsp3) is 0.545. The highest BCUT2D eigenvalue weighted by molar-refractivity contribution is 5.80. The van der Waals surface area contributed by atoms with Crippen LogP contribution < -0.4 is 5.32 Å². The average Bonchev–Trinajstić information content (AvgIpc) is 3.02. The lowest BCUT2D eigenvalue weighted by Gasteiger charge is -2.45. The first kappa shape index (κ1) is 23.9. The summed E-state index contributed by atoms with van der Waals surface area (Å²) in [4.78, 5) is 20.6. The van der Waals surface area contributed by atoms with Crippen molar-refractivity contribution in [1.82, 2.24) is 14.8 Å². The molecule has 8 heteroatoms. The number of aliphatic carboxylic acids is 2. The molecule has 2 saturated heterocycles. The molecule has 4 rings (SSSR count). The summed E-state index contributed by atoms with van der Waals surface area (Å²) >= 11 is 0. The van der Waals surface area contributed by atoms with Gasteiger partial charge in [0.1, 0.15) is 0 Å². The first-order chi connectivity index (χ1) is 14.2. The van der Waals surface area contributed by atoms with Crippen LogP contribution in [-0.2, 0) is 27.9 Å². The number of morpholine rings is 1. The first-order valence-corrected chi connectivity index (χ1v) is 10.2. The van der Waals surface area contributed by atoms with E-state index in [1.54, 1.807) is 0 Å². The Morgan fingerprint density at radius 3 is 2.40 bits per heavy atom. The predicted octanol–water partition coefficient (Wildman–Crippen LogP) is 2.31. The standard InChI is InChI=1S/C18H25N3O.2C2H4O2/c1-20-9-4-16-12-15(2-3-17(16)20)13-21-10-11-22-18(14-21)5-7-19-8-6-18;2*1-2(3)4/h2-4,9,12,19H,5-8,10-11,13-14H2,1H3;2*1H3,(H,3,4). The van der Waals surface area contributed by atoms with Crippen LogP contribution in [0.1, 0.15) is 32.3 Å². The van der Waals surface area contributed by atoms with Crippen molar-refractivity contribution in [3.05, 3.63) is 36.0 Å². The van der Waals surface area contributed by atoms with E-state index in [2.05, 4.69) is 52.3 Å². The van der Waals surface area contributed by atoms with Gasteiger partial charge in [0, 0.05) is 52.2 Å². The number of aryl methyl sites for hydroxylation is 1. The van der Waals surface area contributed by atoms with Crippen molar-refractivity contribution in [3.63, 3.8) is 0 Å². The zero-order valence-corrected chi connectivity index (χ0v) is 18.1. The van der Waals surface area contributed by atoms with Crippen molar-refractivity contribution in [1.29, 1.82) is 0 Å². The number of hydrogen-bond acceptors (Lipinski definition) is 5. The summed E-state index contributed by atoms with van der Waals surface area (Å²) in [5.41, 5.74) is 2.81. The number of carboxylic acid groups (broad SMARTS) is 2. The predicted molar refractivity (Wildman–Crippen MR) is 116 cm³/mol. The number of carboxylic acids is 2. The van der Waals surface area contributed by atoms with Crippen LogP contribution in [0.5, 0.6) is 0 Å². The van der Waals surface area contributed by atoms with E-state index in [4.69, 9.17) is 24.5 Å². The summed E-state index contributed by atoms with van der Waals surface area (Å²) in [6.07, 6.45) is 4.41. The largest absolute Gasteiger partial charge is 0.481 e. The Hall–Kier alpha value is -2.42. The van der Waals surface area contributed by atoms with Crippen molar-refractivity contribution < 1.29 is 24.5 Å². The lowest BCUT2D eigenvalue weighted by molar-refractivity contribution is -0.135. The normalized spacial score (nSPS) is 18.1. The molecule has 0 unspecified atom stereocenters. The fourth-order valence-corrected chi connectivity index (χ4v) is 3.93. The topological polar surface area (TPSA) is 104 Å². The van der Waals surface area contributed by atoms with Gasteiger partial charge in [-0.2, -0.15) is 0 Å². The second-order valence-corrected chi connectivity index (χ2v) is 7.85. The van der Waals surface area contributed by atoms with Crippen molar-refractivity contribution in [3.8, 4) is 0 Å². The molecule has 0 saturated carbocycles. The molecule has 8 nitrogen and oxygen atoms in total. The molecular weight excluding hydrogens is 386 g/mol. The fourth-order valence-electron chi connectivity index (χ4n) is 3.93. The molecule has 2 aliphatic heterocycles. The zero-order chi connectivity index (χ0) is 22.1. The molecule has 0 bridgehead atoms. The van der Waals surface area contributed by atoms with Gasteiger partial charge in [0.15, 0.2) is 0 Å². The summed E-state index contributed by atoms with van der Waals surface area (Å²) in [6.45, 7) is 8.36. The van der Waals surface area contributed by atoms with Crippen LogP contribution in [0.15, 0.2) is 30.5 Å². The molecule has 2 aliphatic rings. The second-order valence-electron chi connectivity index (χ2n) is 7.85. The van der Waals surface area contributed by atoms with Crippen LogP contribution in [0.2, 0.25) is 0 Å². The Bertz CT molecular complexity index is 817. The molecule has 166 valence electrons. The number of carbonyl (C=O) groups is 2. The van der Waals surface area contributed by atoms with E-state index >= 15 is 0 Å². The van der Waals surface area contributed by atoms with Gasteiger partial charge in [-0.25, -0.2) is 0 Å². The van der Waals surface area contributed by atoms with Gasteiger partial charge in [0.2, 0.25) is 0 Å². The highest BCUT2D eigenvalue weighted by Gasteiger charge is 2.37. The average molecular weight is 420 g/mol.